The summed E-state index contributed by atoms with van der Waals surface area (Å²) in [5.41, 5.74) is 0.901. The van der Waals surface area contributed by atoms with Gasteiger partial charge >= 0.3 is 0 Å². The molecule has 0 unspecified atom stereocenters. The van der Waals surface area contributed by atoms with E-state index in [1.807, 2.05) is 18.2 Å². The predicted octanol–water partition coefficient (Wildman–Crippen LogP) is 3.04. The van der Waals surface area contributed by atoms with Gasteiger partial charge in [0.2, 0.25) is 11.2 Å². The summed E-state index contributed by atoms with van der Waals surface area (Å²) in [5.74, 6) is 0.614. The van der Waals surface area contributed by atoms with E-state index in [1.54, 1.807) is 6.92 Å². The summed E-state index contributed by atoms with van der Waals surface area (Å²) in [6.45, 7) is 1.42. The van der Waals surface area contributed by atoms with Gasteiger partial charge < -0.3 is 14.5 Å². The molecule has 0 atom stereocenters. The molecule has 2 aromatic rings. The Hall–Kier alpha value is -2.27. The Morgan fingerprint density at radius 1 is 1.38 bits per heavy atom. The third-order valence-corrected chi connectivity index (χ3v) is 4.41. The van der Waals surface area contributed by atoms with E-state index in [-0.39, 0.29) is 29.7 Å². The largest absolute Gasteiger partial charge is 0.476 e. The zero-order valence-corrected chi connectivity index (χ0v) is 14.0. The Balaban J connectivity index is 1.46. The molecule has 0 radical (unpaired) electrons. The number of ether oxygens (including phenoxy) is 1. The maximum atomic E-state index is 11.9. The minimum absolute atomic E-state index is 0.0815. The maximum Gasteiger partial charge on any atom is 0.258 e. The molecule has 1 heterocycles. The van der Waals surface area contributed by atoms with Crippen LogP contribution in [0.1, 0.15) is 30.1 Å². The van der Waals surface area contributed by atoms with Crippen molar-refractivity contribution in [1.82, 2.24) is 5.32 Å². The summed E-state index contributed by atoms with van der Waals surface area (Å²) in [4.78, 5) is 23.6. The van der Waals surface area contributed by atoms with Crippen molar-refractivity contribution in [2.75, 3.05) is 6.61 Å². The number of amides is 1. The highest BCUT2D eigenvalue weighted by atomic mass is 35.5. The van der Waals surface area contributed by atoms with Crippen molar-refractivity contribution >= 4 is 17.5 Å². The standard InChI is InChI=1S/C18H18ClNO4/c1-11-18(16(21)5-6-23-11)24-10-17(22)20-15-8-13(9-15)12-3-2-4-14(19)7-12/h2-7,13,15H,8-10H2,1H3,(H,20,22). The molecule has 126 valence electrons. The lowest BCUT2D eigenvalue weighted by Crippen LogP contribution is -2.45. The number of carbonyl (C=O) groups excluding carboxylic acids is 1. The third-order valence-electron chi connectivity index (χ3n) is 4.18. The molecule has 0 bridgehead atoms. The SMILES string of the molecule is Cc1occc(=O)c1OCC(=O)NC1CC(c2cccc(Cl)c2)C1. The summed E-state index contributed by atoms with van der Waals surface area (Å²) in [7, 11) is 0. The highest BCUT2D eigenvalue weighted by Crippen LogP contribution is 2.37. The molecule has 1 aliphatic rings. The molecule has 3 rings (SSSR count). The lowest BCUT2D eigenvalue weighted by molar-refractivity contribution is -0.124. The van der Waals surface area contributed by atoms with Crippen molar-refractivity contribution in [2.24, 2.45) is 0 Å². The first-order chi connectivity index (χ1) is 11.5. The first kappa shape index (κ1) is 16.6. The van der Waals surface area contributed by atoms with E-state index in [2.05, 4.69) is 11.4 Å². The monoisotopic (exact) mass is 347 g/mol. The number of benzene rings is 1. The van der Waals surface area contributed by atoms with Crippen molar-refractivity contribution < 1.29 is 13.9 Å². The molecule has 6 heteroatoms. The van der Waals surface area contributed by atoms with Crippen LogP contribution >= 0.6 is 11.6 Å². The third kappa shape index (κ3) is 3.79. The topological polar surface area (TPSA) is 68.5 Å². The van der Waals surface area contributed by atoms with Crippen LogP contribution in [0.3, 0.4) is 0 Å². The maximum absolute atomic E-state index is 11.9. The van der Waals surface area contributed by atoms with E-state index >= 15 is 0 Å². The summed E-state index contributed by atoms with van der Waals surface area (Å²) in [6, 6.07) is 9.19. The number of aryl methyl sites for hydroxylation is 1. The zero-order chi connectivity index (χ0) is 17.1. The first-order valence-electron chi connectivity index (χ1n) is 7.79. The molecule has 1 aliphatic carbocycles. The quantitative estimate of drug-likeness (QED) is 0.902. The van der Waals surface area contributed by atoms with Crippen LogP contribution in [-0.2, 0) is 4.79 Å². The van der Waals surface area contributed by atoms with E-state index in [9.17, 15) is 9.59 Å². The van der Waals surface area contributed by atoms with Gasteiger partial charge in [0, 0.05) is 17.1 Å². The van der Waals surface area contributed by atoms with E-state index in [0.29, 0.717) is 11.7 Å². The fraction of sp³-hybridized carbons (Fsp3) is 0.333. The molecule has 1 fully saturated rings. The molecule has 0 aliphatic heterocycles. The van der Waals surface area contributed by atoms with Crippen molar-refractivity contribution in [2.45, 2.75) is 31.7 Å². The molecular formula is C18H18ClNO4. The smallest absolute Gasteiger partial charge is 0.258 e. The van der Waals surface area contributed by atoms with Gasteiger partial charge in [0.25, 0.3) is 5.91 Å². The van der Waals surface area contributed by atoms with Gasteiger partial charge in [-0.3, -0.25) is 9.59 Å². The Labute approximate surface area is 144 Å². The molecule has 1 amide bonds. The Bertz CT molecular complexity index is 796. The van der Waals surface area contributed by atoms with Crippen LogP contribution in [0.4, 0.5) is 0 Å². The Morgan fingerprint density at radius 2 is 2.17 bits per heavy atom. The van der Waals surface area contributed by atoms with Gasteiger partial charge in [-0.15, -0.1) is 0 Å². The molecule has 1 N–H and O–H groups in total. The second-order valence-electron chi connectivity index (χ2n) is 5.95. The van der Waals surface area contributed by atoms with E-state index in [1.165, 1.54) is 17.9 Å². The van der Waals surface area contributed by atoms with Crippen LogP contribution < -0.4 is 15.5 Å². The number of hydrogen-bond donors (Lipinski definition) is 1. The number of hydrogen-bond acceptors (Lipinski definition) is 4. The van der Waals surface area contributed by atoms with Gasteiger partial charge in [0.1, 0.15) is 5.76 Å². The number of halogens is 1. The highest BCUT2D eigenvalue weighted by Gasteiger charge is 2.31. The highest BCUT2D eigenvalue weighted by molar-refractivity contribution is 6.30. The lowest BCUT2D eigenvalue weighted by Gasteiger charge is -2.36. The molecule has 24 heavy (non-hydrogen) atoms. The Morgan fingerprint density at radius 3 is 2.88 bits per heavy atom. The van der Waals surface area contributed by atoms with E-state index < -0.39 is 0 Å². The van der Waals surface area contributed by atoms with Gasteiger partial charge in [0.05, 0.1) is 6.26 Å². The average Bonchev–Trinajstić information content (AvgIpc) is 2.50. The molecule has 0 saturated heterocycles. The van der Waals surface area contributed by atoms with Crippen molar-refractivity contribution in [3.05, 3.63) is 63.2 Å². The van der Waals surface area contributed by atoms with Gasteiger partial charge in [-0.1, -0.05) is 23.7 Å². The van der Waals surface area contributed by atoms with Crippen LogP contribution in [-0.4, -0.2) is 18.6 Å². The van der Waals surface area contributed by atoms with Gasteiger partial charge in [-0.05, 0) is 43.4 Å². The summed E-state index contributed by atoms with van der Waals surface area (Å²) in [5, 5.41) is 3.64. The molecule has 5 nitrogen and oxygen atoms in total. The summed E-state index contributed by atoms with van der Waals surface area (Å²) >= 11 is 6.00. The molecular weight excluding hydrogens is 330 g/mol. The minimum atomic E-state index is -0.295. The minimum Gasteiger partial charge on any atom is -0.476 e. The fourth-order valence-electron chi connectivity index (χ4n) is 2.85. The van der Waals surface area contributed by atoms with Gasteiger partial charge in [-0.25, -0.2) is 0 Å². The Kier molecular flexibility index (Phi) is 4.90. The second kappa shape index (κ2) is 7.09. The van der Waals surface area contributed by atoms with Crippen molar-refractivity contribution in [3.8, 4) is 5.75 Å². The number of rotatable bonds is 5. The lowest BCUT2D eigenvalue weighted by atomic mass is 9.76. The van der Waals surface area contributed by atoms with Crippen LogP contribution in [0, 0.1) is 6.92 Å². The van der Waals surface area contributed by atoms with Crippen LogP contribution in [0.2, 0.25) is 5.02 Å². The first-order valence-corrected chi connectivity index (χ1v) is 8.17. The van der Waals surface area contributed by atoms with Crippen LogP contribution in [0.25, 0.3) is 0 Å². The molecule has 1 aromatic carbocycles. The zero-order valence-electron chi connectivity index (χ0n) is 13.3. The average molecular weight is 348 g/mol. The van der Waals surface area contributed by atoms with Gasteiger partial charge in [-0.2, -0.15) is 0 Å². The molecule has 0 spiro atoms. The van der Waals surface area contributed by atoms with Crippen LogP contribution in [0.5, 0.6) is 5.75 Å². The normalized spacial score (nSPS) is 19.4. The van der Waals surface area contributed by atoms with E-state index in [4.69, 9.17) is 20.8 Å². The summed E-state index contributed by atoms with van der Waals surface area (Å²) in [6.07, 6.45) is 3.05. The second-order valence-corrected chi connectivity index (χ2v) is 6.38. The van der Waals surface area contributed by atoms with E-state index in [0.717, 1.165) is 17.9 Å². The molecule has 1 saturated carbocycles. The predicted molar refractivity (Wildman–Crippen MR) is 90.6 cm³/mol. The van der Waals surface area contributed by atoms with Gasteiger partial charge in [0.15, 0.2) is 6.61 Å². The van der Waals surface area contributed by atoms with Crippen molar-refractivity contribution in [1.29, 1.82) is 0 Å². The number of carbonyl (C=O) groups is 1. The van der Waals surface area contributed by atoms with Crippen LogP contribution in [0.15, 0.2) is 45.8 Å². The number of nitrogens with one attached hydrogen (secondary N) is 1. The summed E-state index contributed by atoms with van der Waals surface area (Å²) < 4.78 is 10.4. The van der Waals surface area contributed by atoms with Crippen molar-refractivity contribution in [3.63, 3.8) is 0 Å². The molecule has 1 aromatic heterocycles. The fourth-order valence-corrected chi connectivity index (χ4v) is 3.05.